The van der Waals surface area contributed by atoms with Crippen molar-refractivity contribution in [1.82, 2.24) is 10.2 Å². The first-order valence-electron chi connectivity index (χ1n) is 8.80. The number of anilines is 2. The molecule has 1 amide bonds. The highest BCUT2D eigenvalue weighted by atomic mass is 32.2. The summed E-state index contributed by atoms with van der Waals surface area (Å²) in [6, 6.07) is 14.5. The van der Waals surface area contributed by atoms with Crippen molar-refractivity contribution >= 4 is 45.5 Å². The number of thioether (sulfide) groups is 1. The Morgan fingerprint density at radius 3 is 2.72 bits per heavy atom. The minimum Gasteiger partial charge on any atom is -0.360 e. The van der Waals surface area contributed by atoms with Crippen LogP contribution in [-0.2, 0) is 11.2 Å². The normalized spacial score (nSPS) is 10.5. The summed E-state index contributed by atoms with van der Waals surface area (Å²) >= 11 is 2.70. The van der Waals surface area contributed by atoms with Crippen molar-refractivity contribution in [3.05, 3.63) is 69.8 Å². The molecule has 0 atom stereocenters. The second-order valence-electron chi connectivity index (χ2n) is 6.13. The number of hydrogen-bond donors (Lipinski definition) is 2. The van der Waals surface area contributed by atoms with Crippen LogP contribution in [-0.4, -0.2) is 33.3 Å². The predicted molar refractivity (Wildman–Crippen MR) is 116 cm³/mol. The van der Waals surface area contributed by atoms with Gasteiger partial charge < -0.3 is 10.6 Å². The maximum atomic E-state index is 12.2. The van der Waals surface area contributed by atoms with Crippen LogP contribution in [0.1, 0.15) is 11.1 Å². The van der Waals surface area contributed by atoms with Crippen LogP contribution in [0.4, 0.5) is 16.5 Å². The minimum atomic E-state index is -0.463. The van der Waals surface area contributed by atoms with Crippen LogP contribution in [0.3, 0.4) is 0 Å². The van der Waals surface area contributed by atoms with Gasteiger partial charge in [-0.2, -0.15) is 0 Å². The molecule has 2 aromatic carbocycles. The van der Waals surface area contributed by atoms with Crippen LogP contribution in [0.2, 0.25) is 0 Å². The predicted octanol–water partition coefficient (Wildman–Crippen LogP) is 4.14. The summed E-state index contributed by atoms with van der Waals surface area (Å²) in [5.41, 5.74) is 2.44. The Kier molecular flexibility index (Phi) is 7.14. The van der Waals surface area contributed by atoms with Crippen LogP contribution in [0, 0.1) is 17.0 Å². The third-order valence-corrected chi connectivity index (χ3v) is 5.98. The Morgan fingerprint density at radius 1 is 1.21 bits per heavy atom. The quantitative estimate of drug-likeness (QED) is 0.299. The van der Waals surface area contributed by atoms with Gasteiger partial charge in [0.05, 0.1) is 10.7 Å². The summed E-state index contributed by atoms with van der Waals surface area (Å²) in [6.45, 7) is 2.47. The number of rotatable bonds is 9. The van der Waals surface area contributed by atoms with Gasteiger partial charge in [-0.1, -0.05) is 53.4 Å². The molecule has 0 aliphatic rings. The number of benzene rings is 2. The first-order valence-corrected chi connectivity index (χ1v) is 10.6. The van der Waals surface area contributed by atoms with E-state index in [1.165, 1.54) is 46.9 Å². The molecule has 0 radical (unpaired) electrons. The number of nitrogens with one attached hydrogen (secondary N) is 2. The third kappa shape index (κ3) is 6.26. The molecule has 0 saturated carbocycles. The topological polar surface area (TPSA) is 110 Å². The largest absolute Gasteiger partial charge is 0.360 e. The molecule has 0 fully saturated rings. The zero-order valence-electron chi connectivity index (χ0n) is 15.6. The average molecular weight is 430 g/mol. The molecule has 0 spiro atoms. The van der Waals surface area contributed by atoms with E-state index in [9.17, 15) is 14.9 Å². The van der Waals surface area contributed by atoms with Crippen LogP contribution >= 0.6 is 23.1 Å². The lowest BCUT2D eigenvalue weighted by Crippen LogP contribution is -2.14. The van der Waals surface area contributed by atoms with Crippen molar-refractivity contribution in [2.45, 2.75) is 17.7 Å². The standard InChI is InChI=1S/C19H19N5O3S2/c1-13-11-15(24(26)27)7-8-16(13)21-17(25)12-28-19-23-22-18(29-19)20-10-9-14-5-3-2-4-6-14/h2-8,11H,9-10,12H2,1H3,(H,20,22)(H,21,25). The van der Waals surface area contributed by atoms with Gasteiger partial charge in [0, 0.05) is 24.4 Å². The van der Waals surface area contributed by atoms with E-state index >= 15 is 0 Å². The molecule has 1 heterocycles. The summed E-state index contributed by atoms with van der Waals surface area (Å²) in [5.74, 6) is -0.0320. The highest BCUT2D eigenvalue weighted by Crippen LogP contribution is 2.26. The maximum absolute atomic E-state index is 12.2. The molecular formula is C19H19N5O3S2. The van der Waals surface area contributed by atoms with Crippen molar-refractivity contribution in [3.63, 3.8) is 0 Å². The molecule has 0 aliphatic heterocycles. The van der Waals surface area contributed by atoms with Gasteiger partial charge in [-0.15, -0.1) is 10.2 Å². The lowest BCUT2D eigenvalue weighted by molar-refractivity contribution is -0.384. The smallest absolute Gasteiger partial charge is 0.269 e. The Labute approximate surface area is 175 Å². The SMILES string of the molecule is Cc1cc([N+](=O)[O-])ccc1NC(=O)CSc1nnc(NCCc2ccccc2)s1. The van der Waals surface area contributed by atoms with Crippen LogP contribution in [0.25, 0.3) is 0 Å². The van der Waals surface area contributed by atoms with Gasteiger partial charge in [0.1, 0.15) is 0 Å². The van der Waals surface area contributed by atoms with E-state index in [2.05, 4.69) is 33.0 Å². The van der Waals surface area contributed by atoms with Crippen LogP contribution < -0.4 is 10.6 Å². The van der Waals surface area contributed by atoms with Crippen molar-refractivity contribution in [2.24, 2.45) is 0 Å². The van der Waals surface area contributed by atoms with Crippen molar-refractivity contribution in [1.29, 1.82) is 0 Å². The van der Waals surface area contributed by atoms with E-state index in [0.717, 1.165) is 18.1 Å². The van der Waals surface area contributed by atoms with E-state index in [0.29, 0.717) is 15.6 Å². The van der Waals surface area contributed by atoms with Gasteiger partial charge in [0.15, 0.2) is 4.34 Å². The van der Waals surface area contributed by atoms with Gasteiger partial charge in [0.25, 0.3) is 5.69 Å². The lowest BCUT2D eigenvalue weighted by atomic mass is 10.2. The minimum absolute atomic E-state index is 0.00368. The Morgan fingerprint density at radius 2 is 2.00 bits per heavy atom. The molecule has 2 N–H and O–H groups in total. The van der Waals surface area contributed by atoms with Crippen molar-refractivity contribution in [2.75, 3.05) is 22.9 Å². The molecular weight excluding hydrogens is 410 g/mol. The summed E-state index contributed by atoms with van der Waals surface area (Å²) in [4.78, 5) is 22.5. The number of hydrogen-bond acceptors (Lipinski definition) is 8. The molecule has 0 saturated heterocycles. The fourth-order valence-electron chi connectivity index (χ4n) is 2.51. The molecule has 3 rings (SSSR count). The van der Waals surface area contributed by atoms with Crippen LogP contribution in [0.15, 0.2) is 52.9 Å². The van der Waals surface area contributed by atoms with E-state index in [1.54, 1.807) is 6.92 Å². The molecule has 1 aromatic heterocycles. The Balaban J connectivity index is 1.44. The molecule has 0 unspecified atom stereocenters. The van der Waals surface area contributed by atoms with Crippen LogP contribution in [0.5, 0.6) is 0 Å². The van der Waals surface area contributed by atoms with Gasteiger partial charge in [-0.05, 0) is 30.5 Å². The van der Waals surface area contributed by atoms with Gasteiger partial charge >= 0.3 is 0 Å². The highest BCUT2D eigenvalue weighted by molar-refractivity contribution is 8.01. The molecule has 10 heteroatoms. The van der Waals surface area contributed by atoms with Gasteiger partial charge in [-0.3, -0.25) is 14.9 Å². The second-order valence-corrected chi connectivity index (χ2v) is 8.33. The number of carbonyl (C=O) groups is 1. The molecule has 3 aromatic rings. The van der Waals surface area contributed by atoms with E-state index in [-0.39, 0.29) is 17.3 Å². The van der Waals surface area contributed by atoms with Gasteiger partial charge in [-0.25, -0.2) is 0 Å². The molecule has 29 heavy (non-hydrogen) atoms. The Hall–Kier alpha value is -2.98. The molecule has 0 bridgehead atoms. The maximum Gasteiger partial charge on any atom is 0.269 e. The van der Waals surface area contributed by atoms with Gasteiger partial charge in [0.2, 0.25) is 11.0 Å². The number of aryl methyl sites for hydroxylation is 1. The van der Waals surface area contributed by atoms with E-state index in [1.807, 2.05) is 18.2 Å². The molecule has 0 aliphatic carbocycles. The fourth-order valence-corrected chi connectivity index (χ4v) is 4.09. The van der Waals surface area contributed by atoms with Crippen molar-refractivity contribution < 1.29 is 9.72 Å². The summed E-state index contributed by atoms with van der Waals surface area (Å²) in [7, 11) is 0. The van der Waals surface area contributed by atoms with E-state index < -0.39 is 4.92 Å². The van der Waals surface area contributed by atoms with Crippen molar-refractivity contribution in [3.8, 4) is 0 Å². The first-order chi connectivity index (χ1) is 14.0. The average Bonchev–Trinajstić information content (AvgIpc) is 3.16. The zero-order chi connectivity index (χ0) is 20.6. The number of nitrogens with zero attached hydrogens (tertiary/aromatic N) is 3. The fraction of sp³-hybridized carbons (Fsp3) is 0.211. The number of nitro benzene ring substituents is 1. The summed E-state index contributed by atoms with van der Waals surface area (Å²) < 4.78 is 0.697. The second kappa shape index (κ2) is 9.99. The molecule has 150 valence electrons. The highest BCUT2D eigenvalue weighted by Gasteiger charge is 2.12. The number of aromatic nitrogens is 2. The zero-order valence-corrected chi connectivity index (χ0v) is 17.3. The number of non-ortho nitro benzene ring substituents is 1. The first kappa shape index (κ1) is 20.7. The molecule has 8 nitrogen and oxygen atoms in total. The number of amides is 1. The summed E-state index contributed by atoms with van der Waals surface area (Å²) in [6.07, 6.45) is 0.889. The monoisotopic (exact) mass is 429 g/mol. The lowest BCUT2D eigenvalue weighted by Gasteiger charge is -2.07. The summed E-state index contributed by atoms with van der Waals surface area (Å²) in [5, 5.41) is 25.7. The number of carbonyl (C=O) groups excluding carboxylic acids is 1. The van der Waals surface area contributed by atoms with E-state index in [4.69, 9.17) is 0 Å². The Bertz CT molecular complexity index is 995. The number of nitro groups is 1. The third-order valence-electron chi connectivity index (χ3n) is 3.96.